The predicted octanol–water partition coefficient (Wildman–Crippen LogP) is 4.00. The van der Waals surface area contributed by atoms with Crippen LogP contribution < -0.4 is 14.2 Å². The Labute approximate surface area is 184 Å². The van der Waals surface area contributed by atoms with Gasteiger partial charge in [0.1, 0.15) is 17.3 Å². The Morgan fingerprint density at radius 3 is 2.47 bits per heavy atom. The SMILES string of the molecule is COc1cccc(-c2noc(-c3ccc(CS(=O)(=O)c4ccc(OC)c(OC)c4)o3)n2)c1. The molecule has 4 rings (SSSR count). The van der Waals surface area contributed by atoms with Crippen molar-refractivity contribution in [1.82, 2.24) is 10.1 Å². The Morgan fingerprint density at radius 2 is 1.72 bits per heavy atom. The first kappa shape index (κ1) is 21.4. The molecular weight excluding hydrogens is 436 g/mol. The van der Waals surface area contributed by atoms with Crippen molar-refractivity contribution in [1.29, 1.82) is 0 Å². The Hall–Kier alpha value is -3.79. The number of aromatic nitrogens is 2. The number of rotatable bonds is 8. The predicted molar refractivity (Wildman–Crippen MR) is 114 cm³/mol. The molecule has 0 unspecified atom stereocenters. The van der Waals surface area contributed by atoms with Gasteiger partial charge in [0.05, 0.1) is 26.2 Å². The minimum absolute atomic E-state index is 0.0891. The number of benzene rings is 2. The molecule has 2 aromatic heterocycles. The molecule has 4 aromatic rings. The summed E-state index contributed by atoms with van der Waals surface area (Å²) in [5, 5.41) is 3.96. The van der Waals surface area contributed by atoms with E-state index in [-0.39, 0.29) is 28.1 Å². The van der Waals surface area contributed by atoms with Crippen LogP contribution in [0.3, 0.4) is 0 Å². The second-order valence-electron chi connectivity index (χ2n) is 6.70. The molecule has 10 heteroatoms. The third-order valence-electron chi connectivity index (χ3n) is 4.67. The molecule has 9 nitrogen and oxygen atoms in total. The summed E-state index contributed by atoms with van der Waals surface area (Å²) in [5.41, 5.74) is 0.710. The minimum atomic E-state index is -3.70. The second kappa shape index (κ2) is 8.75. The molecule has 0 aliphatic rings. The van der Waals surface area contributed by atoms with E-state index >= 15 is 0 Å². The monoisotopic (exact) mass is 456 g/mol. The standard InChI is InChI=1S/C22H20N2O7S/c1-27-15-6-4-5-14(11-15)21-23-22(31-24-21)19-9-7-16(30-19)13-32(25,26)17-8-10-18(28-2)20(12-17)29-3/h4-12H,13H2,1-3H3. The molecule has 0 spiro atoms. The van der Waals surface area contributed by atoms with E-state index in [1.807, 2.05) is 18.2 Å². The average molecular weight is 456 g/mol. The number of sulfone groups is 1. The lowest BCUT2D eigenvalue weighted by molar-refractivity contribution is 0.354. The van der Waals surface area contributed by atoms with Gasteiger partial charge in [-0.15, -0.1) is 0 Å². The van der Waals surface area contributed by atoms with Crippen LogP contribution in [0.2, 0.25) is 0 Å². The molecule has 0 saturated heterocycles. The highest BCUT2D eigenvalue weighted by Crippen LogP contribution is 2.31. The first-order chi connectivity index (χ1) is 15.4. The van der Waals surface area contributed by atoms with Crippen LogP contribution >= 0.6 is 0 Å². The van der Waals surface area contributed by atoms with E-state index in [1.54, 1.807) is 25.3 Å². The highest BCUT2D eigenvalue weighted by Gasteiger charge is 2.21. The van der Waals surface area contributed by atoms with Crippen LogP contribution in [0.5, 0.6) is 17.2 Å². The molecule has 0 fully saturated rings. The Balaban J connectivity index is 1.55. The largest absolute Gasteiger partial charge is 0.497 e. The van der Waals surface area contributed by atoms with E-state index in [9.17, 15) is 8.42 Å². The summed E-state index contributed by atoms with van der Waals surface area (Å²) in [6.07, 6.45) is 0. The van der Waals surface area contributed by atoms with Gasteiger partial charge in [-0.3, -0.25) is 0 Å². The van der Waals surface area contributed by atoms with Gasteiger partial charge in [-0.05, 0) is 36.4 Å². The van der Waals surface area contributed by atoms with Gasteiger partial charge in [0.15, 0.2) is 27.1 Å². The zero-order chi connectivity index (χ0) is 22.7. The van der Waals surface area contributed by atoms with Crippen molar-refractivity contribution >= 4 is 9.84 Å². The zero-order valence-corrected chi connectivity index (χ0v) is 18.4. The third-order valence-corrected chi connectivity index (χ3v) is 6.31. The van der Waals surface area contributed by atoms with Crippen molar-refractivity contribution < 1.29 is 31.6 Å². The maximum absolute atomic E-state index is 12.8. The lowest BCUT2D eigenvalue weighted by Crippen LogP contribution is -2.05. The van der Waals surface area contributed by atoms with Crippen molar-refractivity contribution in [2.24, 2.45) is 0 Å². The highest BCUT2D eigenvalue weighted by molar-refractivity contribution is 7.90. The molecule has 0 amide bonds. The van der Waals surface area contributed by atoms with Gasteiger partial charge in [-0.25, -0.2) is 8.42 Å². The second-order valence-corrected chi connectivity index (χ2v) is 8.69. The van der Waals surface area contributed by atoms with Crippen molar-refractivity contribution in [2.75, 3.05) is 21.3 Å². The van der Waals surface area contributed by atoms with Crippen molar-refractivity contribution in [3.8, 4) is 40.3 Å². The summed E-state index contributed by atoms with van der Waals surface area (Å²) in [5.74, 6) is 2.07. The molecule has 2 heterocycles. The van der Waals surface area contributed by atoms with E-state index in [1.165, 1.54) is 32.4 Å². The van der Waals surface area contributed by atoms with Gasteiger partial charge < -0.3 is 23.2 Å². The lowest BCUT2D eigenvalue weighted by atomic mass is 10.2. The minimum Gasteiger partial charge on any atom is -0.497 e. The van der Waals surface area contributed by atoms with Gasteiger partial charge in [0, 0.05) is 11.6 Å². The molecule has 0 saturated carbocycles. The molecule has 0 atom stereocenters. The fraction of sp³-hybridized carbons (Fsp3) is 0.182. The summed E-state index contributed by atoms with van der Waals surface area (Å²) in [6.45, 7) is 0. The molecule has 0 N–H and O–H groups in total. The third kappa shape index (κ3) is 4.30. The van der Waals surface area contributed by atoms with Gasteiger partial charge in [0.25, 0.3) is 5.89 Å². The van der Waals surface area contributed by atoms with Crippen LogP contribution in [0.25, 0.3) is 23.0 Å². The zero-order valence-electron chi connectivity index (χ0n) is 17.6. The van der Waals surface area contributed by atoms with Crippen molar-refractivity contribution in [2.45, 2.75) is 10.6 Å². The van der Waals surface area contributed by atoms with Crippen LogP contribution in [0.15, 0.2) is 68.4 Å². The van der Waals surface area contributed by atoms with Crippen molar-refractivity contribution in [3.63, 3.8) is 0 Å². The van der Waals surface area contributed by atoms with E-state index < -0.39 is 9.84 Å². The van der Waals surface area contributed by atoms with E-state index in [4.69, 9.17) is 23.2 Å². The smallest absolute Gasteiger partial charge is 0.293 e. The molecule has 166 valence electrons. The first-order valence-corrected chi connectivity index (χ1v) is 11.1. The summed E-state index contributed by atoms with van der Waals surface area (Å²) in [6, 6.07) is 14.8. The Bertz CT molecular complexity index is 1340. The molecule has 0 radical (unpaired) electrons. The van der Waals surface area contributed by atoms with E-state index in [0.717, 1.165) is 0 Å². The number of furan rings is 1. The van der Waals surface area contributed by atoms with Gasteiger partial charge in [-0.1, -0.05) is 17.3 Å². The van der Waals surface area contributed by atoms with Gasteiger partial charge in [-0.2, -0.15) is 4.98 Å². The average Bonchev–Trinajstić information content (AvgIpc) is 3.48. The quantitative estimate of drug-likeness (QED) is 0.388. The molecule has 0 bridgehead atoms. The number of methoxy groups -OCH3 is 3. The number of hydrogen-bond donors (Lipinski definition) is 0. The molecule has 0 aliphatic heterocycles. The van der Waals surface area contributed by atoms with Gasteiger partial charge >= 0.3 is 0 Å². The topological polar surface area (TPSA) is 114 Å². The van der Waals surface area contributed by atoms with Crippen molar-refractivity contribution in [3.05, 3.63) is 60.4 Å². The molecular formula is C22H20N2O7S. The number of nitrogens with zero attached hydrogens (tertiary/aromatic N) is 2. The van der Waals surface area contributed by atoms with Gasteiger partial charge in [0.2, 0.25) is 5.82 Å². The molecule has 2 aromatic carbocycles. The molecule has 0 aliphatic carbocycles. The Morgan fingerprint density at radius 1 is 0.906 bits per heavy atom. The van der Waals surface area contributed by atoms with Crippen LogP contribution in [-0.2, 0) is 15.6 Å². The normalized spacial score (nSPS) is 11.3. The summed E-state index contributed by atoms with van der Waals surface area (Å²) in [7, 11) is 0.797. The number of hydrogen-bond acceptors (Lipinski definition) is 9. The Kier molecular flexibility index (Phi) is 5.87. The summed E-state index contributed by atoms with van der Waals surface area (Å²) >= 11 is 0. The maximum atomic E-state index is 12.8. The number of ether oxygens (including phenoxy) is 3. The fourth-order valence-electron chi connectivity index (χ4n) is 3.05. The molecule has 32 heavy (non-hydrogen) atoms. The van der Waals surface area contributed by atoms with Crippen LogP contribution in [0, 0.1) is 0 Å². The summed E-state index contributed by atoms with van der Waals surface area (Å²) in [4.78, 5) is 4.42. The summed E-state index contributed by atoms with van der Waals surface area (Å²) < 4.78 is 52.2. The fourth-order valence-corrected chi connectivity index (χ4v) is 4.31. The van der Waals surface area contributed by atoms with Crippen LogP contribution in [0.4, 0.5) is 0 Å². The van der Waals surface area contributed by atoms with E-state index in [0.29, 0.717) is 28.6 Å². The maximum Gasteiger partial charge on any atom is 0.293 e. The van der Waals surface area contributed by atoms with E-state index in [2.05, 4.69) is 10.1 Å². The lowest BCUT2D eigenvalue weighted by Gasteiger charge is -2.09. The highest BCUT2D eigenvalue weighted by atomic mass is 32.2. The first-order valence-electron chi connectivity index (χ1n) is 9.45. The van der Waals surface area contributed by atoms with Crippen LogP contribution in [-0.4, -0.2) is 39.9 Å². The van der Waals surface area contributed by atoms with Crippen LogP contribution in [0.1, 0.15) is 5.76 Å².